The SMILES string of the molecule is O=C(O)c1ccnc(CCc2ccc(OC(F)F)c(OCC3CC3)c2)c1. The maximum Gasteiger partial charge on any atom is 0.387 e. The Morgan fingerprint density at radius 2 is 2.00 bits per heavy atom. The third-order valence-corrected chi connectivity index (χ3v) is 4.13. The molecule has 1 aromatic heterocycles. The zero-order valence-corrected chi connectivity index (χ0v) is 14.0. The fraction of sp³-hybridized carbons (Fsp3) is 0.368. The summed E-state index contributed by atoms with van der Waals surface area (Å²) in [7, 11) is 0. The Balaban J connectivity index is 1.69. The number of nitrogens with zero attached hydrogens (tertiary/aromatic N) is 1. The second kappa shape index (κ2) is 8.12. The molecule has 0 saturated heterocycles. The van der Waals surface area contributed by atoms with Crippen molar-refractivity contribution in [2.75, 3.05) is 6.61 Å². The fourth-order valence-corrected chi connectivity index (χ4v) is 2.53. The number of aromatic nitrogens is 1. The van der Waals surface area contributed by atoms with E-state index in [4.69, 9.17) is 9.84 Å². The van der Waals surface area contributed by atoms with Crippen molar-refractivity contribution in [3.8, 4) is 11.5 Å². The monoisotopic (exact) mass is 363 g/mol. The van der Waals surface area contributed by atoms with Crippen LogP contribution >= 0.6 is 0 Å². The standard InChI is InChI=1S/C19H19F2NO4/c20-19(21)26-16-6-4-12(9-17(16)25-11-13-1-2-13)3-5-15-10-14(18(23)24)7-8-22-15/h4,6-10,13,19H,1-3,5,11H2,(H,23,24). The van der Waals surface area contributed by atoms with Gasteiger partial charge in [0.25, 0.3) is 0 Å². The van der Waals surface area contributed by atoms with Crippen molar-refractivity contribution >= 4 is 5.97 Å². The molecule has 5 nitrogen and oxygen atoms in total. The van der Waals surface area contributed by atoms with Gasteiger partial charge in [-0.15, -0.1) is 0 Å². The number of alkyl halides is 2. The zero-order valence-electron chi connectivity index (χ0n) is 14.0. The molecule has 1 aliphatic carbocycles. The Kier molecular flexibility index (Phi) is 5.65. The smallest absolute Gasteiger partial charge is 0.387 e. The Morgan fingerprint density at radius 3 is 2.69 bits per heavy atom. The first kappa shape index (κ1) is 18.1. The average Bonchev–Trinajstić information content (AvgIpc) is 3.44. The van der Waals surface area contributed by atoms with Crippen LogP contribution in [0.5, 0.6) is 11.5 Å². The molecule has 1 saturated carbocycles. The minimum Gasteiger partial charge on any atom is -0.489 e. The minimum atomic E-state index is -2.91. The Bertz CT molecular complexity index is 778. The van der Waals surface area contributed by atoms with Gasteiger partial charge in [0.1, 0.15) is 0 Å². The second-order valence-electron chi connectivity index (χ2n) is 6.25. The number of rotatable bonds is 9. The van der Waals surface area contributed by atoms with E-state index in [1.165, 1.54) is 24.4 Å². The predicted molar refractivity (Wildman–Crippen MR) is 89.9 cm³/mol. The largest absolute Gasteiger partial charge is 0.489 e. The van der Waals surface area contributed by atoms with Gasteiger partial charge in [0.15, 0.2) is 11.5 Å². The van der Waals surface area contributed by atoms with Gasteiger partial charge in [0, 0.05) is 11.9 Å². The number of pyridine rings is 1. The van der Waals surface area contributed by atoms with Gasteiger partial charge in [0.2, 0.25) is 0 Å². The number of carbonyl (C=O) groups is 1. The van der Waals surface area contributed by atoms with Gasteiger partial charge in [-0.05, 0) is 61.4 Å². The van der Waals surface area contributed by atoms with Crippen LogP contribution in [0.4, 0.5) is 8.78 Å². The predicted octanol–water partition coefficient (Wildman–Crippen LogP) is 3.96. The first-order chi connectivity index (χ1) is 12.5. The summed E-state index contributed by atoms with van der Waals surface area (Å²) in [6.07, 6.45) is 4.75. The normalized spacial score (nSPS) is 13.7. The van der Waals surface area contributed by atoms with Gasteiger partial charge in [-0.1, -0.05) is 6.07 Å². The third kappa shape index (κ3) is 5.15. The lowest BCUT2D eigenvalue weighted by Crippen LogP contribution is -2.07. The van der Waals surface area contributed by atoms with Crippen molar-refractivity contribution in [1.29, 1.82) is 0 Å². The highest BCUT2D eigenvalue weighted by atomic mass is 19.3. The molecule has 1 heterocycles. The molecule has 2 aromatic rings. The summed E-state index contributed by atoms with van der Waals surface area (Å²) in [4.78, 5) is 15.2. The molecule has 7 heteroatoms. The Morgan fingerprint density at radius 1 is 1.19 bits per heavy atom. The number of hydrogen-bond donors (Lipinski definition) is 1. The van der Waals surface area contributed by atoms with Crippen molar-refractivity contribution in [2.45, 2.75) is 32.3 Å². The number of halogens is 2. The molecule has 0 unspecified atom stereocenters. The molecule has 0 aliphatic heterocycles. The Hall–Kier alpha value is -2.70. The van der Waals surface area contributed by atoms with Crippen LogP contribution in [0.2, 0.25) is 0 Å². The number of carboxylic acids is 1. The fourth-order valence-electron chi connectivity index (χ4n) is 2.53. The molecule has 138 valence electrons. The molecule has 0 bridgehead atoms. The number of aromatic carboxylic acids is 1. The van der Waals surface area contributed by atoms with Gasteiger partial charge in [0.05, 0.1) is 12.2 Å². The summed E-state index contributed by atoms with van der Waals surface area (Å²) >= 11 is 0. The number of aryl methyl sites for hydroxylation is 2. The quantitative estimate of drug-likeness (QED) is 0.730. The molecule has 0 amide bonds. The summed E-state index contributed by atoms with van der Waals surface area (Å²) in [6, 6.07) is 7.84. The summed E-state index contributed by atoms with van der Waals surface area (Å²) < 4.78 is 35.3. The van der Waals surface area contributed by atoms with Gasteiger partial charge >= 0.3 is 12.6 Å². The first-order valence-corrected chi connectivity index (χ1v) is 8.40. The van der Waals surface area contributed by atoms with Crippen LogP contribution in [0.15, 0.2) is 36.5 Å². The third-order valence-electron chi connectivity index (χ3n) is 4.13. The van der Waals surface area contributed by atoms with E-state index in [9.17, 15) is 13.6 Å². The highest BCUT2D eigenvalue weighted by Gasteiger charge is 2.23. The summed E-state index contributed by atoms with van der Waals surface area (Å²) in [5.74, 6) is -0.184. The molecule has 3 rings (SSSR count). The molecule has 26 heavy (non-hydrogen) atoms. The van der Waals surface area contributed by atoms with Gasteiger partial charge in [-0.25, -0.2) is 4.79 Å². The lowest BCUT2D eigenvalue weighted by atomic mass is 10.1. The van der Waals surface area contributed by atoms with Crippen LogP contribution in [0.25, 0.3) is 0 Å². The van der Waals surface area contributed by atoms with Crippen molar-refractivity contribution in [3.63, 3.8) is 0 Å². The van der Waals surface area contributed by atoms with Crippen molar-refractivity contribution in [1.82, 2.24) is 4.98 Å². The lowest BCUT2D eigenvalue weighted by molar-refractivity contribution is -0.0515. The highest BCUT2D eigenvalue weighted by molar-refractivity contribution is 5.87. The topological polar surface area (TPSA) is 68.7 Å². The van der Waals surface area contributed by atoms with Gasteiger partial charge in [-0.3, -0.25) is 4.98 Å². The summed E-state index contributed by atoms with van der Waals surface area (Å²) in [6.45, 7) is -2.42. The summed E-state index contributed by atoms with van der Waals surface area (Å²) in [5.41, 5.74) is 1.71. The van der Waals surface area contributed by atoms with Crippen molar-refractivity contribution in [2.24, 2.45) is 5.92 Å². The van der Waals surface area contributed by atoms with Crippen molar-refractivity contribution in [3.05, 3.63) is 53.3 Å². The van der Waals surface area contributed by atoms with Gasteiger partial charge < -0.3 is 14.6 Å². The van der Waals surface area contributed by atoms with Crippen molar-refractivity contribution < 1.29 is 28.2 Å². The zero-order chi connectivity index (χ0) is 18.5. The Labute approximate surface area is 149 Å². The van der Waals surface area contributed by atoms with E-state index >= 15 is 0 Å². The molecular weight excluding hydrogens is 344 g/mol. The molecule has 1 aliphatic rings. The molecule has 1 fully saturated rings. The molecule has 1 aromatic carbocycles. The second-order valence-corrected chi connectivity index (χ2v) is 6.25. The van der Waals surface area contributed by atoms with E-state index in [2.05, 4.69) is 9.72 Å². The molecule has 0 radical (unpaired) electrons. The van der Waals surface area contributed by atoms with Gasteiger partial charge in [-0.2, -0.15) is 8.78 Å². The maximum atomic E-state index is 12.6. The lowest BCUT2D eigenvalue weighted by Gasteiger charge is -2.13. The number of ether oxygens (including phenoxy) is 2. The van der Waals surface area contributed by atoms with Crippen LogP contribution in [0, 0.1) is 5.92 Å². The van der Waals surface area contributed by atoms with E-state index < -0.39 is 12.6 Å². The van der Waals surface area contributed by atoms with E-state index in [1.807, 2.05) is 0 Å². The van der Waals surface area contributed by atoms with Crippen LogP contribution in [-0.4, -0.2) is 29.3 Å². The minimum absolute atomic E-state index is 0.0235. The van der Waals surface area contributed by atoms with E-state index in [-0.39, 0.29) is 11.3 Å². The number of benzene rings is 1. The highest BCUT2D eigenvalue weighted by Crippen LogP contribution is 2.34. The number of carboxylic acid groups (broad SMARTS) is 1. The molecule has 0 atom stereocenters. The first-order valence-electron chi connectivity index (χ1n) is 8.40. The van der Waals surface area contributed by atoms with Crippen LogP contribution < -0.4 is 9.47 Å². The van der Waals surface area contributed by atoms with Crippen LogP contribution in [-0.2, 0) is 12.8 Å². The number of hydrogen-bond acceptors (Lipinski definition) is 4. The maximum absolute atomic E-state index is 12.6. The average molecular weight is 363 g/mol. The molecule has 0 spiro atoms. The van der Waals surface area contributed by atoms with Crippen LogP contribution in [0.1, 0.15) is 34.5 Å². The molecule has 1 N–H and O–H groups in total. The van der Waals surface area contributed by atoms with E-state index in [0.717, 1.165) is 18.4 Å². The summed E-state index contributed by atoms with van der Waals surface area (Å²) in [5, 5.41) is 9.02. The van der Waals surface area contributed by atoms with E-state index in [0.29, 0.717) is 36.8 Å². The van der Waals surface area contributed by atoms with Crippen LogP contribution in [0.3, 0.4) is 0 Å². The van der Waals surface area contributed by atoms with E-state index in [1.54, 1.807) is 12.1 Å². The molecular formula is C19H19F2NO4.